The van der Waals surface area contributed by atoms with Crippen LogP contribution >= 0.6 is 0 Å². The van der Waals surface area contributed by atoms with Crippen molar-refractivity contribution < 1.29 is 9.59 Å². The summed E-state index contributed by atoms with van der Waals surface area (Å²) >= 11 is 0. The smallest absolute Gasteiger partial charge is 0.274 e. The van der Waals surface area contributed by atoms with Crippen molar-refractivity contribution in [1.82, 2.24) is 19.6 Å². The maximum Gasteiger partial charge on any atom is 0.274 e. The Labute approximate surface area is 177 Å². The fraction of sp³-hybridized carbons (Fsp3) is 0.542. The Bertz CT molecular complexity index is 924. The number of carbonyl (C=O) groups is 2. The van der Waals surface area contributed by atoms with Crippen LogP contribution in [-0.2, 0) is 11.3 Å². The van der Waals surface area contributed by atoms with Gasteiger partial charge >= 0.3 is 0 Å². The maximum atomic E-state index is 13.4. The van der Waals surface area contributed by atoms with Gasteiger partial charge in [-0.15, -0.1) is 0 Å². The molecule has 2 saturated heterocycles. The van der Waals surface area contributed by atoms with Crippen molar-refractivity contribution in [2.24, 2.45) is 5.41 Å². The Kier molecular flexibility index (Phi) is 4.88. The number of amides is 2. The number of piperidine rings is 1. The number of rotatable bonds is 4. The van der Waals surface area contributed by atoms with Crippen LogP contribution in [0.5, 0.6) is 0 Å². The summed E-state index contributed by atoms with van der Waals surface area (Å²) in [4.78, 5) is 30.2. The Balaban J connectivity index is 1.30. The lowest BCUT2D eigenvalue weighted by Crippen LogP contribution is -2.66. The van der Waals surface area contributed by atoms with Gasteiger partial charge < -0.3 is 9.80 Å². The molecule has 30 heavy (non-hydrogen) atoms. The van der Waals surface area contributed by atoms with Crippen LogP contribution in [0.25, 0.3) is 0 Å². The Morgan fingerprint density at radius 2 is 1.80 bits per heavy atom. The van der Waals surface area contributed by atoms with Gasteiger partial charge in [-0.25, -0.2) is 0 Å². The maximum absolute atomic E-state index is 13.4. The molecule has 5 rings (SSSR count). The van der Waals surface area contributed by atoms with Gasteiger partial charge in [-0.3, -0.25) is 14.3 Å². The molecule has 2 amide bonds. The number of aryl methyl sites for hydroxylation is 1. The van der Waals surface area contributed by atoms with Gasteiger partial charge in [-0.2, -0.15) is 5.10 Å². The van der Waals surface area contributed by atoms with Crippen molar-refractivity contribution in [2.75, 3.05) is 13.1 Å². The molecule has 0 bridgehead atoms. The van der Waals surface area contributed by atoms with E-state index in [0.717, 1.165) is 45.1 Å². The quantitative estimate of drug-likeness (QED) is 0.728. The molecule has 2 aromatic rings. The van der Waals surface area contributed by atoms with Gasteiger partial charge in [-0.1, -0.05) is 43.2 Å². The van der Waals surface area contributed by atoms with Gasteiger partial charge in [0, 0.05) is 31.9 Å². The van der Waals surface area contributed by atoms with Crippen LogP contribution in [-0.4, -0.2) is 50.5 Å². The van der Waals surface area contributed by atoms with E-state index in [1.807, 2.05) is 24.1 Å². The zero-order valence-corrected chi connectivity index (χ0v) is 17.7. The van der Waals surface area contributed by atoms with E-state index >= 15 is 0 Å². The van der Waals surface area contributed by atoms with Gasteiger partial charge in [0.15, 0.2) is 0 Å². The number of β-lactam (4-membered cyclic amide) rings is 1. The summed E-state index contributed by atoms with van der Waals surface area (Å²) in [5.74, 6) is 0.350. The van der Waals surface area contributed by atoms with Crippen LogP contribution in [0.1, 0.15) is 67.5 Å². The van der Waals surface area contributed by atoms with E-state index in [-0.39, 0.29) is 23.4 Å². The summed E-state index contributed by atoms with van der Waals surface area (Å²) in [6.07, 6.45) is 7.86. The first-order chi connectivity index (χ1) is 14.6. The molecule has 158 valence electrons. The van der Waals surface area contributed by atoms with E-state index in [1.165, 1.54) is 5.56 Å². The molecule has 6 nitrogen and oxygen atoms in total. The molecule has 1 saturated carbocycles. The predicted molar refractivity (Wildman–Crippen MR) is 114 cm³/mol. The molecular formula is C24H30N4O2. The fourth-order valence-electron chi connectivity index (χ4n) is 5.84. The molecule has 0 N–H and O–H groups in total. The van der Waals surface area contributed by atoms with Gasteiger partial charge in [-0.05, 0) is 44.2 Å². The minimum Gasteiger partial charge on any atom is -0.337 e. The molecule has 3 aliphatic rings. The monoisotopic (exact) mass is 406 g/mol. The summed E-state index contributed by atoms with van der Waals surface area (Å²) in [6.45, 7) is 4.13. The molecule has 6 heteroatoms. The topological polar surface area (TPSA) is 58.4 Å². The van der Waals surface area contributed by atoms with Gasteiger partial charge in [0.1, 0.15) is 5.69 Å². The van der Waals surface area contributed by atoms with Crippen LogP contribution in [0.3, 0.4) is 0 Å². The Morgan fingerprint density at radius 3 is 2.43 bits per heavy atom. The number of likely N-dealkylation sites (tertiary alicyclic amines) is 2. The SMILES string of the molecule is CCn1ccc(C(=O)N2CCC(N3C(=O)C4(CCCC4)C3c3ccccc3)CC2)n1. The molecular weight excluding hydrogens is 376 g/mol. The van der Waals surface area contributed by atoms with Crippen molar-refractivity contribution in [3.05, 3.63) is 53.9 Å². The molecule has 1 aromatic carbocycles. The second-order valence-electron chi connectivity index (χ2n) is 8.97. The molecule has 1 aromatic heterocycles. The number of hydrogen-bond donors (Lipinski definition) is 0. The highest BCUT2D eigenvalue weighted by Gasteiger charge is 2.63. The highest BCUT2D eigenvalue weighted by molar-refractivity contribution is 5.93. The second-order valence-corrected chi connectivity index (χ2v) is 8.97. The standard InChI is InChI=1S/C24H30N4O2/c1-2-27-17-12-20(25-27)22(29)26-15-10-19(11-16-26)28-21(18-8-4-3-5-9-18)24(23(28)30)13-6-7-14-24/h3-5,8-9,12,17,19,21H,2,6-7,10-11,13-16H2,1H3. The predicted octanol–water partition coefficient (Wildman–Crippen LogP) is 3.65. The number of benzene rings is 1. The number of nitrogens with zero attached hydrogens (tertiary/aromatic N) is 4. The van der Waals surface area contributed by atoms with Crippen LogP contribution < -0.4 is 0 Å². The lowest BCUT2D eigenvalue weighted by Gasteiger charge is -2.59. The molecule has 1 atom stereocenters. The number of hydrogen-bond acceptors (Lipinski definition) is 3. The summed E-state index contributed by atoms with van der Waals surface area (Å²) in [7, 11) is 0. The van der Waals surface area contributed by atoms with E-state index in [2.05, 4.69) is 34.3 Å². The zero-order chi connectivity index (χ0) is 20.7. The van der Waals surface area contributed by atoms with Crippen molar-refractivity contribution in [3.63, 3.8) is 0 Å². The van der Waals surface area contributed by atoms with E-state index < -0.39 is 0 Å². The van der Waals surface area contributed by atoms with Crippen molar-refractivity contribution >= 4 is 11.8 Å². The third-order valence-electron chi connectivity index (χ3n) is 7.40. The van der Waals surface area contributed by atoms with E-state index in [4.69, 9.17) is 0 Å². The summed E-state index contributed by atoms with van der Waals surface area (Å²) in [6, 6.07) is 12.8. The first-order valence-electron chi connectivity index (χ1n) is 11.3. The molecule has 1 spiro atoms. The largest absolute Gasteiger partial charge is 0.337 e. The van der Waals surface area contributed by atoms with Crippen LogP contribution in [0.15, 0.2) is 42.6 Å². The third kappa shape index (κ3) is 2.96. The lowest BCUT2D eigenvalue weighted by molar-refractivity contribution is -0.180. The Morgan fingerprint density at radius 1 is 1.10 bits per heavy atom. The first kappa shape index (κ1) is 19.3. The third-order valence-corrected chi connectivity index (χ3v) is 7.40. The normalized spacial score (nSPS) is 23.8. The minimum atomic E-state index is -0.179. The molecule has 1 unspecified atom stereocenters. The highest BCUT2D eigenvalue weighted by Crippen LogP contribution is 2.60. The van der Waals surface area contributed by atoms with Crippen LogP contribution in [0.4, 0.5) is 0 Å². The summed E-state index contributed by atoms with van der Waals surface area (Å²) in [5, 5.41) is 4.36. The van der Waals surface area contributed by atoms with E-state index in [1.54, 1.807) is 10.7 Å². The molecule has 3 fully saturated rings. The van der Waals surface area contributed by atoms with Crippen molar-refractivity contribution in [3.8, 4) is 0 Å². The average molecular weight is 407 g/mol. The van der Waals surface area contributed by atoms with Gasteiger partial charge in [0.05, 0.1) is 11.5 Å². The summed E-state index contributed by atoms with van der Waals surface area (Å²) in [5.41, 5.74) is 1.60. The van der Waals surface area contributed by atoms with E-state index in [9.17, 15) is 9.59 Å². The van der Waals surface area contributed by atoms with Crippen molar-refractivity contribution in [1.29, 1.82) is 0 Å². The summed E-state index contributed by atoms with van der Waals surface area (Å²) < 4.78 is 1.78. The van der Waals surface area contributed by atoms with Crippen LogP contribution in [0, 0.1) is 5.41 Å². The number of aromatic nitrogens is 2. The molecule has 3 heterocycles. The molecule has 1 aliphatic carbocycles. The van der Waals surface area contributed by atoms with Crippen LogP contribution in [0.2, 0.25) is 0 Å². The molecule has 0 radical (unpaired) electrons. The fourth-order valence-corrected chi connectivity index (χ4v) is 5.84. The first-order valence-corrected chi connectivity index (χ1v) is 11.3. The number of carbonyl (C=O) groups excluding carboxylic acids is 2. The van der Waals surface area contributed by atoms with Crippen molar-refractivity contribution in [2.45, 2.75) is 64.1 Å². The second kappa shape index (κ2) is 7.56. The zero-order valence-electron chi connectivity index (χ0n) is 17.7. The minimum absolute atomic E-state index is 0.00228. The van der Waals surface area contributed by atoms with Gasteiger partial charge in [0.2, 0.25) is 5.91 Å². The van der Waals surface area contributed by atoms with E-state index in [0.29, 0.717) is 24.7 Å². The highest BCUT2D eigenvalue weighted by atomic mass is 16.2. The Hall–Kier alpha value is -2.63. The lowest BCUT2D eigenvalue weighted by atomic mass is 9.65. The molecule has 2 aliphatic heterocycles. The van der Waals surface area contributed by atoms with Gasteiger partial charge in [0.25, 0.3) is 5.91 Å². The average Bonchev–Trinajstić information content (AvgIpc) is 3.48.